The molecule has 2 aliphatic heterocycles. The van der Waals surface area contributed by atoms with E-state index in [2.05, 4.69) is 10.6 Å². The molecule has 0 saturated carbocycles. The largest absolute Gasteiger partial charge is 0.412 e. The average molecular weight is 592 g/mol. The molecule has 4 rings (SSSR count). The Kier molecular flexibility index (Phi) is 11.0. The molecule has 0 aliphatic carbocycles. The second kappa shape index (κ2) is 13.3. The van der Waals surface area contributed by atoms with E-state index >= 15 is 0 Å². The number of carbonyl (C=O) groups is 4. The summed E-state index contributed by atoms with van der Waals surface area (Å²) < 4.78 is 0. The van der Waals surface area contributed by atoms with Crippen molar-refractivity contribution in [3.05, 3.63) is 48.5 Å². The highest BCUT2D eigenvalue weighted by molar-refractivity contribution is 6.55. The van der Waals surface area contributed by atoms with Crippen LogP contribution in [0.3, 0.4) is 0 Å². The van der Waals surface area contributed by atoms with Crippen molar-refractivity contribution in [3.8, 4) is 0 Å². The Morgan fingerprint density at radius 2 is 1.05 bits per heavy atom. The summed E-state index contributed by atoms with van der Waals surface area (Å²) in [6, 6.07) is 13.6. The lowest BCUT2D eigenvalue weighted by Gasteiger charge is -2.28. The highest BCUT2D eigenvalue weighted by atomic mass is 35.5. The van der Waals surface area contributed by atoms with Crippen LogP contribution in [0.25, 0.3) is 0 Å². The number of alkyl halides is 4. The number of rotatable bonds is 2. The van der Waals surface area contributed by atoms with E-state index in [-0.39, 0.29) is 42.2 Å². The summed E-state index contributed by atoms with van der Waals surface area (Å²) in [5.41, 5.74) is 2.42. The average Bonchev–Trinajstić information content (AvgIpc) is 3.02. The zero-order valence-corrected chi connectivity index (χ0v) is 22.9. The quantitative estimate of drug-likeness (QED) is 0.505. The molecule has 2 heterocycles. The molecule has 0 fully saturated rings. The van der Waals surface area contributed by atoms with Gasteiger partial charge < -0.3 is 25.9 Å². The Morgan fingerprint density at radius 3 is 1.38 bits per heavy atom. The van der Waals surface area contributed by atoms with Gasteiger partial charge in [-0.2, -0.15) is 0 Å². The molecule has 13 heteroatoms. The molecule has 0 unspecified atom stereocenters. The van der Waals surface area contributed by atoms with Gasteiger partial charge in [0.25, 0.3) is 11.8 Å². The number of halogens is 4. The summed E-state index contributed by atoms with van der Waals surface area (Å²) in [6.45, 7) is 3.57. The second-order valence-corrected chi connectivity index (χ2v) is 10.4. The monoisotopic (exact) mass is 590 g/mol. The van der Waals surface area contributed by atoms with Crippen molar-refractivity contribution in [1.82, 2.24) is 0 Å². The number of amides is 4. The van der Waals surface area contributed by atoms with Gasteiger partial charge in [0, 0.05) is 24.9 Å². The van der Waals surface area contributed by atoms with Gasteiger partial charge in [-0.15, -0.1) is 0 Å². The molecule has 0 saturated heterocycles. The minimum Gasteiger partial charge on any atom is -0.412 e. The van der Waals surface area contributed by atoms with Crippen LogP contribution in [-0.4, -0.2) is 50.9 Å². The first-order valence-electron chi connectivity index (χ1n) is 11.0. The fourth-order valence-electron chi connectivity index (χ4n) is 4.06. The molecular weight excluding hydrogens is 566 g/mol. The molecule has 4 N–H and O–H groups in total. The van der Waals surface area contributed by atoms with Gasteiger partial charge in [0.2, 0.25) is 11.8 Å². The van der Waals surface area contributed by atoms with E-state index in [1.165, 1.54) is 9.80 Å². The van der Waals surface area contributed by atoms with Crippen LogP contribution in [0.4, 0.5) is 22.7 Å². The van der Waals surface area contributed by atoms with Gasteiger partial charge in [0.05, 0.1) is 22.7 Å². The standard InChI is InChI=1S/2C12H12Cl2N2O2.H2O/c2*1-7-6-10(17)15-8-4-2-3-5-9(8)16(7)12(18)11(13)14;/h2*2-5,7,11H,6H2,1H3,(H,15,17);1H2/t2*7-;/m11./s1. The highest BCUT2D eigenvalue weighted by Crippen LogP contribution is 2.33. The number of carbonyl (C=O) groups excluding carboxylic acids is 4. The van der Waals surface area contributed by atoms with Crippen molar-refractivity contribution in [2.24, 2.45) is 0 Å². The van der Waals surface area contributed by atoms with E-state index in [4.69, 9.17) is 46.4 Å². The van der Waals surface area contributed by atoms with Gasteiger partial charge >= 0.3 is 0 Å². The number of para-hydroxylation sites is 4. The molecule has 0 spiro atoms. The third kappa shape index (κ3) is 7.27. The number of nitrogens with zero attached hydrogens (tertiary/aromatic N) is 2. The normalized spacial score (nSPS) is 18.7. The van der Waals surface area contributed by atoms with Crippen LogP contribution in [0, 0.1) is 0 Å². The highest BCUT2D eigenvalue weighted by Gasteiger charge is 2.33. The molecule has 37 heavy (non-hydrogen) atoms. The Labute approximate surface area is 234 Å². The molecule has 2 aromatic rings. The van der Waals surface area contributed by atoms with Crippen molar-refractivity contribution >= 4 is 92.8 Å². The van der Waals surface area contributed by atoms with Crippen molar-refractivity contribution in [1.29, 1.82) is 0 Å². The van der Waals surface area contributed by atoms with E-state index in [0.717, 1.165) is 0 Å². The first-order chi connectivity index (χ1) is 17.0. The summed E-state index contributed by atoms with van der Waals surface area (Å²) in [5, 5.41) is 5.52. The molecule has 2 aromatic carbocycles. The zero-order chi connectivity index (χ0) is 26.6. The lowest BCUT2D eigenvalue weighted by molar-refractivity contribution is -0.119. The number of fused-ring (bicyclic) bond motifs is 2. The predicted octanol–water partition coefficient (Wildman–Crippen LogP) is 4.28. The van der Waals surface area contributed by atoms with Gasteiger partial charge in [0.15, 0.2) is 9.67 Å². The van der Waals surface area contributed by atoms with E-state index in [1.54, 1.807) is 62.4 Å². The molecule has 0 radical (unpaired) electrons. The minimum absolute atomic E-state index is 0. The third-order valence-corrected chi connectivity index (χ3v) is 6.31. The Bertz CT molecular complexity index is 1070. The van der Waals surface area contributed by atoms with Crippen molar-refractivity contribution in [2.75, 3.05) is 20.4 Å². The van der Waals surface area contributed by atoms with E-state index in [1.807, 2.05) is 0 Å². The molecule has 0 bridgehead atoms. The maximum absolute atomic E-state index is 12.1. The minimum atomic E-state index is -1.14. The number of benzene rings is 2. The SMILES string of the molecule is C[C@@H]1CC(=O)Nc2ccccc2N1C(=O)C(Cl)Cl.C[C@@H]1CC(=O)Nc2ccccc2N1C(=O)C(Cl)Cl.O. The van der Waals surface area contributed by atoms with Crippen LogP contribution in [0.2, 0.25) is 0 Å². The first kappa shape index (κ1) is 30.7. The van der Waals surface area contributed by atoms with Crippen LogP contribution in [0.15, 0.2) is 48.5 Å². The first-order valence-corrected chi connectivity index (χ1v) is 12.8. The van der Waals surface area contributed by atoms with Gasteiger partial charge in [-0.05, 0) is 38.1 Å². The molecular formula is C24H26Cl4N4O5. The number of nitrogens with one attached hydrogen (secondary N) is 2. The smallest absolute Gasteiger partial charge is 0.260 e. The maximum atomic E-state index is 12.1. The topological polar surface area (TPSA) is 130 Å². The van der Waals surface area contributed by atoms with Gasteiger partial charge in [-0.1, -0.05) is 70.7 Å². The Balaban J connectivity index is 0.000000253. The van der Waals surface area contributed by atoms with Gasteiger partial charge in [-0.3, -0.25) is 19.2 Å². The molecule has 4 amide bonds. The Morgan fingerprint density at radius 1 is 0.730 bits per heavy atom. The maximum Gasteiger partial charge on any atom is 0.260 e. The number of hydrogen-bond acceptors (Lipinski definition) is 4. The van der Waals surface area contributed by atoms with Crippen molar-refractivity contribution < 1.29 is 24.7 Å². The third-order valence-electron chi connectivity index (χ3n) is 5.57. The molecule has 0 aromatic heterocycles. The van der Waals surface area contributed by atoms with Crippen LogP contribution in [0.1, 0.15) is 26.7 Å². The van der Waals surface area contributed by atoms with E-state index in [0.29, 0.717) is 22.7 Å². The molecule has 9 nitrogen and oxygen atoms in total. The lowest BCUT2D eigenvalue weighted by atomic mass is 10.2. The Hall–Kier alpha value is -2.56. The summed E-state index contributed by atoms with van der Waals surface area (Å²) >= 11 is 22.6. The molecule has 200 valence electrons. The lowest BCUT2D eigenvalue weighted by Crippen LogP contribution is -2.41. The van der Waals surface area contributed by atoms with Crippen LogP contribution in [-0.2, 0) is 19.2 Å². The van der Waals surface area contributed by atoms with Crippen LogP contribution in [0.5, 0.6) is 0 Å². The fraction of sp³-hybridized carbons (Fsp3) is 0.333. The summed E-state index contributed by atoms with van der Waals surface area (Å²) in [7, 11) is 0. The fourth-order valence-corrected chi connectivity index (χ4v) is 4.48. The van der Waals surface area contributed by atoms with Crippen molar-refractivity contribution in [2.45, 2.75) is 48.4 Å². The number of anilines is 4. The van der Waals surface area contributed by atoms with Gasteiger partial charge in [0.1, 0.15) is 0 Å². The predicted molar refractivity (Wildman–Crippen MR) is 148 cm³/mol. The number of hydrogen-bond donors (Lipinski definition) is 2. The summed E-state index contributed by atoms with van der Waals surface area (Å²) in [5.74, 6) is -1.11. The molecule has 2 atom stereocenters. The second-order valence-electron chi connectivity index (χ2n) is 8.25. The van der Waals surface area contributed by atoms with E-state index < -0.39 is 21.5 Å². The van der Waals surface area contributed by atoms with E-state index in [9.17, 15) is 19.2 Å². The van der Waals surface area contributed by atoms with Crippen LogP contribution < -0.4 is 20.4 Å². The van der Waals surface area contributed by atoms with Crippen LogP contribution >= 0.6 is 46.4 Å². The van der Waals surface area contributed by atoms with Gasteiger partial charge in [-0.25, -0.2) is 0 Å². The van der Waals surface area contributed by atoms with Crippen molar-refractivity contribution in [3.63, 3.8) is 0 Å². The summed E-state index contributed by atoms with van der Waals surface area (Å²) in [6.07, 6.45) is 0.418. The zero-order valence-electron chi connectivity index (χ0n) is 19.9. The summed E-state index contributed by atoms with van der Waals surface area (Å²) in [4.78, 5) is 48.1. The molecule has 2 aliphatic rings.